The van der Waals surface area contributed by atoms with Crippen LogP contribution in [0.4, 0.5) is 4.79 Å². The number of imidazole rings is 2. The van der Waals surface area contributed by atoms with Crippen LogP contribution in [0.5, 0.6) is 0 Å². The fourth-order valence-electron chi connectivity index (χ4n) is 8.29. The van der Waals surface area contributed by atoms with Crippen molar-refractivity contribution >= 4 is 44.8 Å². The lowest BCUT2D eigenvalue weighted by atomic mass is 10.0. The van der Waals surface area contributed by atoms with Gasteiger partial charge in [0.2, 0.25) is 5.91 Å². The summed E-state index contributed by atoms with van der Waals surface area (Å²) in [4.78, 5) is 44.8. The molecule has 0 bridgehead atoms. The number of benzene rings is 3. The summed E-state index contributed by atoms with van der Waals surface area (Å²) in [5, 5.41) is 8.92. The van der Waals surface area contributed by atoms with Gasteiger partial charge < -0.3 is 30.2 Å². The van der Waals surface area contributed by atoms with E-state index in [4.69, 9.17) is 14.7 Å². The Morgan fingerprint density at radius 2 is 1.70 bits per heavy atom. The standard InChI is InChI=1S/C37H41N7O3/c1-18(2)32(43-37(46)47-3)36(45)44-30-16-23(30)17-31(44)35-39-25-10-7-20(13-28(25)41-35)5-4-19-6-9-24-21(12-19)8-11-26-33(24)42-34(40-26)29-15-22-14-27(22)38-29/h6-13,18,22-23,27,29-32,38H,4-5,14-17H2,1-3H3,(H,39,41)(H,40,42)(H,43,46)/t22-,23?,27-,29+,30?,31+,32+/m1/s1. The minimum absolute atomic E-state index is 0.0623. The quantitative estimate of drug-likeness (QED) is 0.170. The number of ether oxygens (including phenoxy) is 1. The largest absolute Gasteiger partial charge is 0.453 e. The highest BCUT2D eigenvalue weighted by Crippen LogP contribution is 2.53. The molecule has 2 aliphatic carbocycles. The van der Waals surface area contributed by atoms with E-state index in [1.807, 2.05) is 18.7 Å². The second kappa shape index (κ2) is 10.8. The van der Waals surface area contributed by atoms with Crippen LogP contribution in [0.1, 0.15) is 74.4 Å². The molecule has 4 N–H and O–H groups in total. The molecule has 242 valence electrons. The van der Waals surface area contributed by atoms with Gasteiger partial charge in [0.25, 0.3) is 0 Å². The van der Waals surface area contributed by atoms with E-state index in [2.05, 4.69) is 69.1 Å². The van der Waals surface area contributed by atoms with Crippen LogP contribution in [-0.4, -0.2) is 62.1 Å². The Kier molecular flexibility index (Phi) is 6.61. The molecule has 5 aromatic rings. The number of aromatic nitrogens is 4. The molecule has 2 saturated carbocycles. The molecule has 2 amide bonds. The zero-order chi connectivity index (χ0) is 32.0. The van der Waals surface area contributed by atoms with E-state index in [1.165, 1.54) is 41.9 Å². The van der Waals surface area contributed by atoms with E-state index in [9.17, 15) is 9.59 Å². The van der Waals surface area contributed by atoms with Crippen LogP contribution in [0.2, 0.25) is 0 Å². The number of amides is 2. The number of nitrogens with one attached hydrogen (secondary N) is 4. The fraction of sp³-hybridized carbons (Fsp3) is 0.459. The summed E-state index contributed by atoms with van der Waals surface area (Å²) in [5.74, 6) is 3.09. The number of aryl methyl sites for hydroxylation is 2. The number of hydrogen-bond acceptors (Lipinski definition) is 6. The van der Waals surface area contributed by atoms with Gasteiger partial charge in [0.15, 0.2) is 0 Å². The maximum atomic E-state index is 13.8. The van der Waals surface area contributed by atoms with Crippen molar-refractivity contribution in [1.82, 2.24) is 35.5 Å². The molecule has 2 unspecified atom stereocenters. The van der Waals surface area contributed by atoms with E-state index in [0.29, 0.717) is 18.0 Å². The molecule has 10 nitrogen and oxygen atoms in total. The monoisotopic (exact) mass is 631 g/mol. The first kappa shape index (κ1) is 28.8. The normalized spacial score (nSPS) is 26.6. The number of likely N-dealkylation sites (tertiary alicyclic amines) is 1. The molecule has 4 aliphatic rings. The molecule has 7 atom stereocenters. The summed E-state index contributed by atoms with van der Waals surface area (Å²) in [6.07, 6.45) is 5.66. The lowest BCUT2D eigenvalue weighted by Crippen LogP contribution is -2.52. The van der Waals surface area contributed by atoms with Crippen LogP contribution in [0, 0.1) is 17.8 Å². The maximum absolute atomic E-state index is 13.8. The van der Waals surface area contributed by atoms with Crippen molar-refractivity contribution in [2.45, 2.75) is 82.6 Å². The number of piperidine rings is 2. The number of alkyl carbamates (subject to hydrolysis) is 1. The van der Waals surface area contributed by atoms with Gasteiger partial charge in [-0.05, 0) is 91.0 Å². The highest BCUT2D eigenvalue weighted by atomic mass is 16.5. The molecular formula is C37H41N7O3. The topological polar surface area (TPSA) is 128 Å². The van der Waals surface area contributed by atoms with Crippen LogP contribution >= 0.6 is 0 Å². The summed E-state index contributed by atoms with van der Waals surface area (Å²) < 4.78 is 4.80. The summed E-state index contributed by atoms with van der Waals surface area (Å²) in [6, 6.07) is 18.1. The molecular weight excluding hydrogens is 590 g/mol. The molecule has 2 aromatic heterocycles. The number of H-pyrrole nitrogens is 2. The third kappa shape index (κ3) is 5.04. The van der Waals surface area contributed by atoms with Crippen LogP contribution in [0.25, 0.3) is 32.8 Å². The van der Waals surface area contributed by atoms with Gasteiger partial charge in [-0.1, -0.05) is 44.2 Å². The zero-order valence-corrected chi connectivity index (χ0v) is 27.0. The number of methoxy groups -OCH3 is 1. The van der Waals surface area contributed by atoms with Crippen molar-refractivity contribution < 1.29 is 14.3 Å². The number of rotatable bonds is 8. The van der Waals surface area contributed by atoms with Crippen LogP contribution < -0.4 is 10.6 Å². The minimum Gasteiger partial charge on any atom is -0.453 e. The summed E-state index contributed by atoms with van der Waals surface area (Å²) in [6.45, 7) is 3.89. The van der Waals surface area contributed by atoms with Crippen molar-refractivity contribution in [2.24, 2.45) is 17.8 Å². The Bertz CT molecular complexity index is 2040. The van der Waals surface area contributed by atoms with Gasteiger partial charge in [0, 0.05) is 17.5 Å². The van der Waals surface area contributed by atoms with Crippen molar-refractivity contribution in [2.75, 3.05) is 7.11 Å². The van der Waals surface area contributed by atoms with E-state index in [-0.39, 0.29) is 23.9 Å². The zero-order valence-electron chi connectivity index (χ0n) is 27.0. The molecule has 0 spiro atoms. The molecule has 9 rings (SSSR count). The predicted molar refractivity (Wildman–Crippen MR) is 180 cm³/mol. The highest BCUT2D eigenvalue weighted by Gasteiger charge is 2.56. The van der Waals surface area contributed by atoms with Crippen molar-refractivity contribution in [3.8, 4) is 0 Å². The van der Waals surface area contributed by atoms with Crippen molar-refractivity contribution in [3.63, 3.8) is 0 Å². The smallest absolute Gasteiger partial charge is 0.407 e. The lowest BCUT2D eigenvalue weighted by molar-refractivity contribution is -0.136. The van der Waals surface area contributed by atoms with Gasteiger partial charge >= 0.3 is 6.09 Å². The average Bonchev–Trinajstić information content (AvgIpc) is 3.69. The average molecular weight is 632 g/mol. The first-order valence-corrected chi connectivity index (χ1v) is 17.2. The molecule has 2 saturated heterocycles. The molecule has 4 fully saturated rings. The van der Waals surface area contributed by atoms with E-state index < -0.39 is 12.1 Å². The van der Waals surface area contributed by atoms with Crippen molar-refractivity contribution in [3.05, 3.63) is 71.3 Å². The third-order valence-corrected chi connectivity index (χ3v) is 11.1. The number of hydrogen-bond donors (Lipinski definition) is 4. The summed E-state index contributed by atoms with van der Waals surface area (Å²) >= 11 is 0. The van der Waals surface area contributed by atoms with Gasteiger partial charge in [0.1, 0.15) is 17.7 Å². The van der Waals surface area contributed by atoms with E-state index in [0.717, 1.165) is 65.3 Å². The van der Waals surface area contributed by atoms with Crippen LogP contribution in [0.15, 0.2) is 48.5 Å². The fourth-order valence-corrected chi connectivity index (χ4v) is 8.29. The third-order valence-electron chi connectivity index (χ3n) is 11.1. The van der Waals surface area contributed by atoms with Gasteiger partial charge in [-0.3, -0.25) is 4.79 Å². The summed E-state index contributed by atoms with van der Waals surface area (Å²) in [5.41, 5.74) is 6.61. The van der Waals surface area contributed by atoms with Gasteiger partial charge in [-0.25, -0.2) is 14.8 Å². The Balaban J connectivity index is 0.908. The molecule has 4 heterocycles. The molecule has 2 aliphatic heterocycles. The van der Waals surface area contributed by atoms with Gasteiger partial charge in [-0.2, -0.15) is 0 Å². The Morgan fingerprint density at radius 1 is 0.915 bits per heavy atom. The molecule has 0 radical (unpaired) electrons. The van der Waals surface area contributed by atoms with Crippen LogP contribution in [-0.2, 0) is 22.4 Å². The lowest BCUT2D eigenvalue weighted by Gasteiger charge is -2.31. The van der Waals surface area contributed by atoms with E-state index in [1.54, 1.807) is 0 Å². The molecule has 47 heavy (non-hydrogen) atoms. The number of fused-ring (bicyclic) bond motifs is 6. The number of aromatic amines is 2. The van der Waals surface area contributed by atoms with E-state index >= 15 is 0 Å². The Labute approximate surface area is 273 Å². The maximum Gasteiger partial charge on any atom is 0.407 e. The van der Waals surface area contributed by atoms with Gasteiger partial charge in [0.05, 0.1) is 41.3 Å². The van der Waals surface area contributed by atoms with Crippen molar-refractivity contribution in [1.29, 1.82) is 0 Å². The minimum atomic E-state index is -0.641. The number of carbonyl (C=O) groups is 2. The first-order valence-electron chi connectivity index (χ1n) is 17.2. The Hall–Kier alpha value is -4.44. The second-order valence-electron chi connectivity index (χ2n) is 14.6. The first-order chi connectivity index (χ1) is 22.8. The number of nitrogens with zero attached hydrogens (tertiary/aromatic N) is 3. The molecule has 3 aromatic carbocycles. The van der Waals surface area contributed by atoms with Gasteiger partial charge in [-0.15, -0.1) is 0 Å². The highest BCUT2D eigenvalue weighted by molar-refractivity contribution is 6.04. The SMILES string of the molecule is COC(=O)N[C@H](C(=O)N1C2CC2C[C@H]1c1nc2ccc(CCc3ccc4c(ccc5nc([C@@H]6C[C@H]7C[C@H]7N6)[nH]c54)c3)cc2[nH]1)C(C)C. The molecule has 10 heteroatoms. The second-order valence-corrected chi connectivity index (χ2v) is 14.6. The predicted octanol–water partition coefficient (Wildman–Crippen LogP) is 5.84. The van der Waals surface area contributed by atoms with Crippen LogP contribution in [0.3, 0.4) is 0 Å². The Morgan fingerprint density at radius 3 is 2.49 bits per heavy atom. The number of carbonyl (C=O) groups excluding carboxylic acids is 2. The summed E-state index contributed by atoms with van der Waals surface area (Å²) in [7, 11) is 1.32.